The normalized spacial score (nSPS) is 12.3. The van der Waals surface area contributed by atoms with Gasteiger partial charge in [0.2, 0.25) is 0 Å². The van der Waals surface area contributed by atoms with Gasteiger partial charge in [-0.2, -0.15) is 0 Å². The van der Waals surface area contributed by atoms with Gasteiger partial charge in [0.05, 0.1) is 12.6 Å². The van der Waals surface area contributed by atoms with Crippen LogP contribution in [0, 0.1) is 0 Å². The summed E-state index contributed by atoms with van der Waals surface area (Å²) in [6.45, 7) is 1.84. The molecule has 1 atom stereocenters. The monoisotopic (exact) mass is 340 g/mol. The molecule has 2 rings (SSSR count). The third-order valence-corrected chi connectivity index (χ3v) is 3.57. The average Bonchev–Trinajstić information content (AvgIpc) is 2.66. The highest BCUT2D eigenvalue weighted by atomic mass is 16.5. The summed E-state index contributed by atoms with van der Waals surface area (Å²) in [5.74, 6) is -0.990. The SMILES string of the molecule is CCOC(=O)/C(CC(NC(=O)c1ccccc1)c1ccccc1)=N\O. The first-order chi connectivity index (χ1) is 12.2. The van der Waals surface area contributed by atoms with Gasteiger partial charge in [-0.05, 0) is 24.6 Å². The highest BCUT2D eigenvalue weighted by molar-refractivity contribution is 6.36. The standard InChI is InChI=1S/C19H20N2O4/c1-2-25-19(23)17(21-24)13-16(14-9-5-3-6-10-14)20-18(22)15-11-7-4-8-12-15/h3-12,16,24H,2,13H2,1H3,(H,20,22)/b21-17-. The maximum Gasteiger partial charge on any atom is 0.356 e. The number of amides is 1. The van der Waals surface area contributed by atoms with E-state index in [2.05, 4.69) is 10.5 Å². The van der Waals surface area contributed by atoms with Crippen molar-refractivity contribution in [3.8, 4) is 0 Å². The van der Waals surface area contributed by atoms with Crippen molar-refractivity contribution in [2.24, 2.45) is 5.16 Å². The third kappa shape index (κ3) is 5.17. The van der Waals surface area contributed by atoms with Gasteiger partial charge in [0.15, 0.2) is 5.71 Å². The molecule has 0 saturated heterocycles. The third-order valence-electron chi connectivity index (χ3n) is 3.57. The number of esters is 1. The fourth-order valence-electron chi connectivity index (χ4n) is 2.34. The summed E-state index contributed by atoms with van der Waals surface area (Å²) in [6.07, 6.45) is 0.0118. The smallest absolute Gasteiger partial charge is 0.356 e. The van der Waals surface area contributed by atoms with Crippen LogP contribution in [0.1, 0.15) is 35.3 Å². The number of rotatable bonds is 7. The molecule has 0 fully saturated rings. The summed E-state index contributed by atoms with van der Waals surface area (Å²) in [5.41, 5.74) is 1.14. The molecule has 0 heterocycles. The Morgan fingerprint density at radius 1 is 1.08 bits per heavy atom. The van der Waals surface area contributed by atoms with Crippen LogP contribution in [0.15, 0.2) is 65.8 Å². The number of ether oxygens (including phenoxy) is 1. The molecule has 1 amide bonds. The molecule has 0 radical (unpaired) electrons. The van der Waals surface area contributed by atoms with Crippen molar-refractivity contribution in [2.75, 3.05) is 6.61 Å². The number of hydrogen-bond acceptors (Lipinski definition) is 5. The van der Waals surface area contributed by atoms with Crippen molar-refractivity contribution >= 4 is 17.6 Å². The van der Waals surface area contributed by atoms with Crippen LogP contribution < -0.4 is 5.32 Å². The lowest BCUT2D eigenvalue weighted by atomic mass is 10.0. The molecule has 2 N–H and O–H groups in total. The minimum absolute atomic E-state index is 0.0118. The predicted molar refractivity (Wildman–Crippen MR) is 93.6 cm³/mol. The second-order valence-corrected chi connectivity index (χ2v) is 5.27. The number of carbonyl (C=O) groups is 2. The van der Waals surface area contributed by atoms with Crippen molar-refractivity contribution in [1.29, 1.82) is 0 Å². The first kappa shape index (κ1) is 18.2. The van der Waals surface area contributed by atoms with Gasteiger partial charge in [-0.3, -0.25) is 4.79 Å². The highest BCUT2D eigenvalue weighted by Gasteiger charge is 2.23. The topological polar surface area (TPSA) is 88.0 Å². The van der Waals surface area contributed by atoms with E-state index in [0.29, 0.717) is 5.56 Å². The Balaban J connectivity index is 2.22. The van der Waals surface area contributed by atoms with Crippen molar-refractivity contribution in [3.63, 3.8) is 0 Å². The van der Waals surface area contributed by atoms with Crippen LogP contribution in [0.4, 0.5) is 0 Å². The Hall–Kier alpha value is -3.15. The number of nitrogens with one attached hydrogen (secondary N) is 1. The lowest BCUT2D eigenvalue weighted by Gasteiger charge is -2.19. The molecule has 2 aromatic carbocycles. The molecule has 25 heavy (non-hydrogen) atoms. The molecule has 1 unspecified atom stereocenters. The zero-order valence-corrected chi connectivity index (χ0v) is 13.9. The number of oxime groups is 1. The second kappa shape index (κ2) is 9.22. The molecular weight excluding hydrogens is 320 g/mol. The number of carbonyl (C=O) groups excluding carboxylic acids is 2. The predicted octanol–water partition coefficient (Wildman–Crippen LogP) is 2.94. The molecule has 130 valence electrons. The van der Waals surface area contributed by atoms with Gasteiger partial charge >= 0.3 is 5.97 Å². The van der Waals surface area contributed by atoms with Gasteiger partial charge in [0.25, 0.3) is 5.91 Å². The largest absolute Gasteiger partial charge is 0.461 e. The summed E-state index contributed by atoms with van der Waals surface area (Å²) < 4.78 is 4.88. The maximum absolute atomic E-state index is 12.5. The first-order valence-electron chi connectivity index (χ1n) is 7.94. The molecule has 0 spiro atoms. The summed E-state index contributed by atoms with van der Waals surface area (Å²) in [6, 6.07) is 17.4. The van der Waals surface area contributed by atoms with E-state index in [1.807, 2.05) is 36.4 Å². The maximum atomic E-state index is 12.5. The average molecular weight is 340 g/mol. The first-order valence-corrected chi connectivity index (χ1v) is 7.94. The Kier molecular flexibility index (Phi) is 6.71. The summed E-state index contributed by atoms with van der Waals surface area (Å²) >= 11 is 0. The van der Waals surface area contributed by atoms with E-state index >= 15 is 0 Å². The van der Waals surface area contributed by atoms with Crippen LogP contribution in [0.5, 0.6) is 0 Å². The van der Waals surface area contributed by atoms with E-state index in [0.717, 1.165) is 5.56 Å². The van der Waals surface area contributed by atoms with Crippen molar-refractivity contribution < 1.29 is 19.5 Å². The van der Waals surface area contributed by atoms with Crippen LogP contribution in [0.2, 0.25) is 0 Å². The van der Waals surface area contributed by atoms with Crippen LogP contribution in [0.25, 0.3) is 0 Å². The van der Waals surface area contributed by atoms with E-state index < -0.39 is 12.0 Å². The molecule has 0 aliphatic rings. The molecule has 0 aliphatic carbocycles. The molecule has 6 heteroatoms. The quantitative estimate of drug-likeness (QED) is 0.351. The molecule has 0 saturated carbocycles. The Bertz CT molecular complexity index is 730. The second-order valence-electron chi connectivity index (χ2n) is 5.27. The van der Waals surface area contributed by atoms with Crippen molar-refractivity contribution in [2.45, 2.75) is 19.4 Å². The molecular formula is C19H20N2O4. The number of benzene rings is 2. The van der Waals surface area contributed by atoms with Crippen LogP contribution in [0.3, 0.4) is 0 Å². The van der Waals surface area contributed by atoms with Gasteiger partial charge in [-0.15, -0.1) is 0 Å². The van der Waals surface area contributed by atoms with Crippen LogP contribution in [-0.4, -0.2) is 29.4 Å². The van der Waals surface area contributed by atoms with E-state index in [1.165, 1.54) is 0 Å². The van der Waals surface area contributed by atoms with Gasteiger partial charge in [-0.1, -0.05) is 53.7 Å². The van der Waals surface area contributed by atoms with E-state index in [4.69, 9.17) is 9.94 Å². The van der Waals surface area contributed by atoms with E-state index in [1.54, 1.807) is 31.2 Å². The Morgan fingerprint density at radius 2 is 1.68 bits per heavy atom. The minimum Gasteiger partial charge on any atom is -0.461 e. The zero-order chi connectivity index (χ0) is 18.1. The molecule has 2 aromatic rings. The Morgan fingerprint density at radius 3 is 2.24 bits per heavy atom. The fourth-order valence-corrected chi connectivity index (χ4v) is 2.34. The highest BCUT2D eigenvalue weighted by Crippen LogP contribution is 2.19. The molecule has 0 aromatic heterocycles. The van der Waals surface area contributed by atoms with Crippen molar-refractivity contribution in [1.82, 2.24) is 5.32 Å². The summed E-state index contributed by atoms with van der Waals surface area (Å²) in [5, 5.41) is 15.1. The van der Waals surface area contributed by atoms with Crippen molar-refractivity contribution in [3.05, 3.63) is 71.8 Å². The molecule has 0 bridgehead atoms. The van der Waals surface area contributed by atoms with E-state index in [9.17, 15) is 9.59 Å². The minimum atomic E-state index is -0.708. The summed E-state index contributed by atoms with van der Waals surface area (Å²) in [4.78, 5) is 24.3. The van der Waals surface area contributed by atoms with Gasteiger partial charge < -0.3 is 15.3 Å². The molecule has 0 aliphatic heterocycles. The Labute approximate surface area is 146 Å². The molecule has 6 nitrogen and oxygen atoms in total. The lowest BCUT2D eigenvalue weighted by molar-refractivity contribution is -0.135. The van der Waals surface area contributed by atoms with Gasteiger partial charge in [0, 0.05) is 12.0 Å². The lowest BCUT2D eigenvalue weighted by Crippen LogP contribution is -2.32. The number of nitrogens with zero attached hydrogens (tertiary/aromatic N) is 1. The van der Waals surface area contributed by atoms with Crippen LogP contribution in [-0.2, 0) is 9.53 Å². The zero-order valence-electron chi connectivity index (χ0n) is 13.9. The summed E-state index contributed by atoms with van der Waals surface area (Å²) in [7, 11) is 0. The fraction of sp³-hybridized carbons (Fsp3) is 0.211. The van der Waals surface area contributed by atoms with E-state index in [-0.39, 0.29) is 24.6 Å². The number of hydrogen-bond donors (Lipinski definition) is 2. The van der Waals surface area contributed by atoms with Gasteiger partial charge in [-0.25, -0.2) is 4.79 Å². The van der Waals surface area contributed by atoms with Crippen LogP contribution >= 0.6 is 0 Å². The van der Waals surface area contributed by atoms with Gasteiger partial charge in [0.1, 0.15) is 0 Å².